The zero-order valence-electron chi connectivity index (χ0n) is 19.1. The Balaban J connectivity index is 1.83. The van der Waals surface area contributed by atoms with Crippen molar-refractivity contribution >= 4 is 22.7 Å². The first-order valence-electron chi connectivity index (χ1n) is 11.1. The Morgan fingerprint density at radius 2 is 1.77 bits per heavy atom. The van der Waals surface area contributed by atoms with Gasteiger partial charge in [-0.1, -0.05) is 26.7 Å². The van der Waals surface area contributed by atoms with E-state index in [0.717, 1.165) is 61.5 Å². The number of hydrogen-bond donors (Lipinski definition) is 2. The van der Waals surface area contributed by atoms with Gasteiger partial charge in [0.25, 0.3) is 0 Å². The van der Waals surface area contributed by atoms with Crippen LogP contribution >= 0.6 is 0 Å². The van der Waals surface area contributed by atoms with Gasteiger partial charge in [0.1, 0.15) is 5.82 Å². The molecular weight excluding hydrogens is 378 g/mol. The van der Waals surface area contributed by atoms with Crippen LogP contribution in [0.4, 0.5) is 11.8 Å². The molecule has 30 heavy (non-hydrogen) atoms. The Kier molecular flexibility index (Phi) is 7.96. The van der Waals surface area contributed by atoms with Crippen LogP contribution in [0.3, 0.4) is 0 Å². The quantitative estimate of drug-likeness (QED) is 0.558. The Morgan fingerprint density at radius 1 is 1.07 bits per heavy atom. The topological polar surface area (TPSA) is 71.5 Å². The van der Waals surface area contributed by atoms with Gasteiger partial charge in [-0.3, -0.25) is 0 Å². The smallest absolute Gasteiger partial charge is 0.225 e. The molecule has 0 radical (unpaired) electrons. The lowest BCUT2D eigenvalue weighted by atomic mass is 10.1. The van der Waals surface area contributed by atoms with Crippen molar-refractivity contribution in [1.29, 1.82) is 0 Å². The number of nitrogens with one attached hydrogen (secondary N) is 2. The molecule has 0 bridgehead atoms. The Labute approximate surface area is 180 Å². The molecule has 1 aromatic carbocycles. The van der Waals surface area contributed by atoms with E-state index < -0.39 is 0 Å². The molecule has 0 aliphatic carbocycles. The average Bonchev–Trinajstić information content (AvgIpc) is 2.74. The largest absolute Gasteiger partial charge is 0.493 e. The number of methoxy groups -OCH3 is 2. The lowest BCUT2D eigenvalue weighted by Crippen LogP contribution is -2.37. The van der Waals surface area contributed by atoms with Gasteiger partial charge in [0.05, 0.1) is 19.7 Å². The molecule has 1 aliphatic rings. The summed E-state index contributed by atoms with van der Waals surface area (Å²) in [5.41, 5.74) is 0.850. The Hall–Kier alpha value is -2.28. The monoisotopic (exact) mass is 415 g/mol. The second-order valence-corrected chi connectivity index (χ2v) is 8.66. The van der Waals surface area contributed by atoms with Crippen LogP contribution in [-0.2, 0) is 0 Å². The molecule has 3 rings (SSSR count). The fourth-order valence-corrected chi connectivity index (χ4v) is 3.87. The van der Waals surface area contributed by atoms with Gasteiger partial charge in [0, 0.05) is 24.0 Å². The van der Waals surface area contributed by atoms with Crippen LogP contribution in [0.25, 0.3) is 10.9 Å². The summed E-state index contributed by atoms with van der Waals surface area (Å²) in [6.07, 6.45) is 5.79. The van der Waals surface area contributed by atoms with Crippen molar-refractivity contribution in [3.63, 3.8) is 0 Å². The number of ether oxygens (including phenoxy) is 2. The van der Waals surface area contributed by atoms with Gasteiger partial charge in [-0.05, 0) is 51.4 Å². The summed E-state index contributed by atoms with van der Waals surface area (Å²) in [4.78, 5) is 12.0. The minimum atomic E-state index is 0.409. The number of nitrogens with zero attached hydrogens (tertiary/aromatic N) is 3. The second kappa shape index (κ2) is 10.7. The van der Waals surface area contributed by atoms with Crippen molar-refractivity contribution in [2.45, 2.75) is 52.0 Å². The summed E-state index contributed by atoms with van der Waals surface area (Å²) in [6.45, 7) is 7.60. The number of likely N-dealkylation sites (tertiary alicyclic amines) is 1. The predicted octanol–water partition coefficient (Wildman–Crippen LogP) is 4.39. The van der Waals surface area contributed by atoms with Crippen molar-refractivity contribution in [2.24, 2.45) is 5.92 Å². The lowest BCUT2D eigenvalue weighted by Gasteiger charge is -2.30. The molecule has 1 aliphatic heterocycles. The van der Waals surface area contributed by atoms with E-state index in [-0.39, 0.29) is 0 Å². The van der Waals surface area contributed by atoms with Crippen LogP contribution in [-0.4, -0.2) is 61.8 Å². The highest BCUT2D eigenvalue weighted by Crippen LogP contribution is 2.35. The molecule has 0 spiro atoms. The van der Waals surface area contributed by atoms with E-state index in [4.69, 9.17) is 19.4 Å². The molecule has 7 heteroatoms. The van der Waals surface area contributed by atoms with Gasteiger partial charge in [-0.15, -0.1) is 0 Å². The van der Waals surface area contributed by atoms with Gasteiger partial charge in [0.15, 0.2) is 11.5 Å². The Bertz CT molecular complexity index is 819. The van der Waals surface area contributed by atoms with Crippen molar-refractivity contribution in [2.75, 3.05) is 51.5 Å². The van der Waals surface area contributed by atoms with Gasteiger partial charge >= 0.3 is 0 Å². The maximum atomic E-state index is 5.51. The normalized spacial score (nSPS) is 15.5. The fourth-order valence-electron chi connectivity index (χ4n) is 3.87. The number of hydrogen-bond acceptors (Lipinski definition) is 7. The number of unbranched alkanes of at least 4 members (excludes halogenated alkanes) is 1. The molecule has 0 unspecified atom stereocenters. The third kappa shape index (κ3) is 5.88. The van der Waals surface area contributed by atoms with Crippen molar-refractivity contribution in [1.82, 2.24) is 14.9 Å². The minimum absolute atomic E-state index is 0.409. The number of benzene rings is 1. The van der Waals surface area contributed by atoms with E-state index in [1.807, 2.05) is 12.1 Å². The molecule has 2 aromatic rings. The standard InChI is InChI=1S/C23H37N5O2/c1-16(2)8-6-7-11-24-23-26-19-15-21(30-5)20(29-4)14-18(19)22(27-23)25-17-9-12-28(3)13-10-17/h14-17H,6-13H2,1-5H3,(H2,24,25,26,27). The van der Waals surface area contributed by atoms with Gasteiger partial charge in [0.2, 0.25) is 5.95 Å². The minimum Gasteiger partial charge on any atom is -0.493 e. The molecule has 2 N–H and O–H groups in total. The average molecular weight is 416 g/mol. The highest BCUT2D eigenvalue weighted by atomic mass is 16.5. The number of aromatic nitrogens is 2. The van der Waals surface area contributed by atoms with E-state index in [2.05, 4.69) is 36.4 Å². The molecule has 0 saturated carbocycles. The first-order chi connectivity index (χ1) is 14.5. The van der Waals surface area contributed by atoms with E-state index in [0.29, 0.717) is 23.5 Å². The molecule has 1 aromatic heterocycles. The summed E-state index contributed by atoms with van der Waals surface area (Å²) in [5.74, 6) is 3.64. The SMILES string of the molecule is COc1cc2nc(NCCCCC(C)C)nc(NC3CCN(C)CC3)c2cc1OC. The molecule has 1 saturated heterocycles. The molecule has 166 valence electrons. The van der Waals surface area contributed by atoms with Crippen molar-refractivity contribution in [3.05, 3.63) is 12.1 Å². The third-order valence-corrected chi connectivity index (χ3v) is 5.75. The molecule has 1 fully saturated rings. The number of anilines is 2. The lowest BCUT2D eigenvalue weighted by molar-refractivity contribution is 0.264. The van der Waals surface area contributed by atoms with E-state index in [1.165, 1.54) is 12.8 Å². The summed E-state index contributed by atoms with van der Waals surface area (Å²) >= 11 is 0. The molecule has 7 nitrogen and oxygen atoms in total. The number of rotatable bonds is 10. The zero-order chi connectivity index (χ0) is 21.5. The molecular formula is C23H37N5O2. The van der Waals surface area contributed by atoms with Crippen LogP contribution in [0.1, 0.15) is 46.0 Å². The van der Waals surface area contributed by atoms with E-state index in [1.54, 1.807) is 14.2 Å². The summed E-state index contributed by atoms with van der Waals surface area (Å²) in [6, 6.07) is 4.31. The van der Waals surface area contributed by atoms with Crippen LogP contribution in [0, 0.1) is 5.92 Å². The number of fused-ring (bicyclic) bond motifs is 1. The third-order valence-electron chi connectivity index (χ3n) is 5.75. The van der Waals surface area contributed by atoms with E-state index in [9.17, 15) is 0 Å². The maximum Gasteiger partial charge on any atom is 0.225 e. The Morgan fingerprint density at radius 3 is 2.43 bits per heavy atom. The summed E-state index contributed by atoms with van der Waals surface area (Å²) < 4.78 is 11.0. The zero-order valence-corrected chi connectivity index (χ0v) is 19.1. The summed E-state index contributed by atoms with van der Waals surface area (Å²) in [7, 11) is 5.48. The van der Waals surface area contributed by atoms with Crippen LogP contribution < -0.4 is 20.1 Å². The van der Waals surface area contributed by atoms with Crippen molar-refractivity contribution in [3.8, 4) is 11.5 Å². The van der Waals surface area contributed by atoms with Crippen LogP contribution in [0.15, 0.2) is 12.1 Å². The predicted molar refractivity (Wildman–Crippen MR) is 124 cm³/mol. The summed E-state index contributed by atoms with van der Waals surface area (Å²) in [5, 5.41) is 8.05. The first kappa shape index (κ1) is 22.4. The highest BCUT2D eigenvalue weighted by Gasteiger charge is 2.20. The molecule has 2 heterocycles. The maximum absolute atomic E-state index is 5.51. The van der Waals surface area contributed by atoms with Crippen LogP contribution in [0.5, 0.6) is 11.5 Å². The fraction of sp³-hybridized carbons (Fsp3) is 0.652. The van der Waals surface area contributed by atoms with E-state index >= 15 is 0 Å². The van der Waals surface area contributed by atoms with Gasteiger partial charge in [-0.2, -0.15) is 4.98 Å². The van der Waals surface area contributed by atoms with Gasteiger partial charge in [-0.25, -0.2) is 4.98 Å². The molecule has 0 atom stereocenters. The highest BCUT2D eigenvalue weighted by molar-refractivity contribution is 5.92. The number of piperidine rings is 1. The van der Waals surface area contributed by atoms with Gasteiger partial charge < -0.3 is 25.0 Å². The van der Waals surface area contributed by atoms with Crippen molar-refractivity contribution < 1.29 is 9.47 Å². The molecule has 0 amide bonds. The van der Waals surface area contributed by atoms with Crippen LogP contribution in [0.2, 0.25) is 0 Å². The first-order valence-corrected chi connectivity index (χ1v) is 11.1. The second-order valence-electron chi connectivity index (χ2n) is 8.66.